The third-order valence-electron chi connectivity index (χ3n) is 5.60. The van der Waals surface area contributed by atoms with Gasteiger partial charge in [-0.1, -0.05) is 23.7 Å². The summed E-state index contributed by atoms with van der Waals surface area (Å²) in [6, 6.07) is 10.9. The predicted octanol–water partition coefficient (Wildman–Crippen LogP) is 3.09. The van der Waals surface area contributed by atoms with Gasteiger partial charge < -0.3 is 25.0 Å². The zero-order valence-electron chi connectivity index (χ0n) is 16.2. The number of ether oxygens (including phenoxy) is 1. The second-order valence-electron chi connectivity index (χ2n) is 7.43. The SMILES string of the molecule is O=C(Nc1ccc(C2(O)CCOCC2)cc1)N1CCN(c2ncccc2Cl)CC1. The maximum atomic E-state index is 12.6. The third-order valence-corrected chi connectivity index (χ3v) is 5.89. The lowest BCUT2D eigenvalue weighted by Gasteiger charge is -2.35. The minimum absolute atomic E-state index is 0.130. The van der Waals surface area contributed by atoms with Gasteiger partial charge >= 0.3 is 6.03 Å². The highest BCUT2D eigenvalue weighted by atomic mass is 35.5. The molecule has 2 N–H and O–H groups in total. The number of amides is 2. The molecule has 2 aromatic rings. The van der Waals surface area contributed by atoms with Gasteiger partial charge in [-0.3, -0.25) is 0 Å². The highest BCUT2D eigenvalue weighted by Crippen LogP contribution is 2.32. The smallest absolute Gasteiger partial charge is 0.321 e. The van der Waals surface area contributed by atoms with Crippen LogP contribution in [0.2, 0.25) is 5.02 Å². The summed E-state index contributed by atoms with van der Waals surface area (Å²) in [6.45, 7) is 3.67. The molecule has 0 saturated carbocycles. The van der Waals surface area contributed by atoms with Crippen molar-refractivity contribution in [1.82, 2.24) is 9.88 Å². The fourth-order valence-corrected chi connectivity index (χ4v) is 4.04. The van der Waals surface area contributed by atoms with Gasteiger partial charge in [-0.15, -0.1) is 0 Å². The number of pyridine rings is 1. The second-order valence-corrected chi connectivity index (χ2v) is 7.84. The van der Waals surface area contributed by atoms with Gasteiger partial charge in [0.2, 0.25) is 0 Å². The van der Waals surface area contributed by atoms with Crippen LogP contribution in [0.25, 0.3) is 0 Å². The van der Waals surface area contributed by atoms with Crippen molar-refractivity contribution >= 4 is 29.1 Å². The van der Waals surface area contributed by atoms with Crippen LogP contribution in [0.5, 0.6) is 0 Å². The van der Waals surface area contributed by atoms with Crippen molar-refractivity contribution in [2.45, 2.75) is 18.4 Å². The van der Waals surface area contributed by atoms with Gasteiger partial charge in [0.1, 0.15) is 5.82 Å². The molecule has 2 fully saturated rings. The largest absolute Gasteiger partial charge is 0.385 e. The first-order valence-electron chi connectivity index (χ1n) is 9.87. The Labute approximate surface area is 175 Å². The molecule has 2 aliphatic rings. The van der Waals surface area contributed by atoms with Crippen molar-refractivity contribution in [2.24, 2.45) is 0 Å². The standard InChI is InChI=1S/C21H25ClN4O3/c22-18-2-1-9-23-19(18)25-10-12-26(13-11-25)20(27)24-17-5-3-16(4-6-17)21(28)7-14-29-15-8-21/h1-6,9,28H,7-8,10-15H2,(H,24,27). The number of urea groups is 1. The predicted molar refractivity (Wildman–Crippen MR) is 112 cm³/mol. The summed E-state index contributed by atoms with van der Waals surface area (Å²) in [4.78, 5) is 20.8. The van der Waals surface area contributed by atoms with Crippen LogP contribution in [0.4, 0.5) is 16.3 Å². The Morgan fingerprint density at radius 2 is 1.79 bits per heavy atom. The molecular formula is C21H25ClN4O3. The van der Waals surface area contributed by atoms with E-state index in [9.17, 15) is 9.90 Å². The van der Waals surface area contributed by atoms with Crippen LogP contribution in [0.15, 0.2) is 42.6 Å². The number of hydrogen-bond donors (Lipinski definition) is 2. The molecule has 7 nitrogen and oxygen atoms in total. The van der Waals surface area contributed by atoms with E-state index in [1.54, 1.807) is 11.1 Å². The van der Waals surface area contributed by atoms with E-state index in [0.29, 0.717) is 62.9 Å². The normalized spacial score (nSPS) is 19.1. The average molecular weight is 417 g/mol. The lowest BCUT2D eigenvalue weighted by atomic mass is 9.86. The summed E-state index contributed by atoms with van der Waals surface area (Å²) in [5.41, 5.74) is 0.730. The van der Waals surface area contributed by atoms with Crippen molar-refractivity contribution in [3.63, 3.8) is 0 Å². The van der Waals surface area contributed by atoms with E-state index < -0.39 is 5.60 Å². The van der Waals surface area contributed by atoms with E-state index in [0.717, 1.165) is 11.4 Å². The highest BCUT2D eigenvalue weighted by molar-refractivity contribution is 6.32. The zero-order valence-corrected chi connectivity index (χ0v) is 16.9. The number of anilines is 2. The van der Waals surface area contributed by atoms with Crippen molar-refractivity contribution < 1.29 is 14.6 Å². The number of nitrogens with zero attached hydrogens (tertiary/aromatic N) is 3. The summed E-state index contributed by atoms with van der Waals surface area (Å²) in [5, 5.41) is 14.3. The van der Waals surface area contributed by atoms with E-state index in [1.807, 2.05) is 36.4 Å². The molecule has 0 unspecified atom stereocenters. The summed E-state index contributed by atoms with van der Waals surface area (Å²) in [5.74, 6) is 0.760. The van der Waals surface area contributed by atoms with Gasteiger partial charge in [0.15, 0.2) is 0 Å². The number of benzene rings is 1. The van der Waals surface area contributed by atoms with E-state index >= 15 is 0 Å². The van der Waals surface area contributed by atoms with Gasteiger partial charge in [0.05, 0.1) is 10.6 Å². The van der Waals surface area contributed by atoms with Crippen LogP contribution in [-0.2, 0) is 10.3 Å². The summed E-state index contributed by atoms with van der Waals surface area (Å²) in [6.07, 6.45) is 2.90. The number of aromatic nitrogens is 1. The third kappa shape index (κ3) is 4.47. The van der Waals surface area contributed by atoms with Crippen LogP contribution in [0.3, 0.4) is 0 Å². The van der Waals surface area contributed by atoms with Crippen LogP contribution < -0.4 is 10.2 Å². The fourth-order valence-electron chi connectivity index (χ4n) is 3.80. The van der Waals surface area contributed by atoms with Crippen LogP contribution in [-0.4, -0.2) is 60.4 Å². The van der Waals surface area contributed by atoms with Crippen molar-refractivity contribution in [1.29, 1.82) is 0 Å². The average Bonchev–Trinajstić information content (AvgIpc) is 2.75. The van der Waals surface area contributed by atoms with Crippen LogP contribution >= 0.6 is 11.6 Å². The zero-order chi connectivity index (χ0) is 20.3. The monoisotopic (exact) mass is 416 g/mol. The number of piperazine rings is 1. The van der Waals surface area contributed by atoms with E-state index in [2.05, 4.69) is 15.2 Å². The number of carbonyl (C=O) groups excluding carboxylic acids is 1. The molecule has 1 aromatic carbocycles. The molecule has 4 rings (SSSR count). The Kier molecular flexibility index (Phi) is 5.89. The Hall–Kier alpha value is -2.35. The molecule has 0 aliphatic carbocycles. The molecule has 2 aliphatic heterocycles. The first-order valence-corrected chi connectivity index (χ1v) is 10.2. The number of rotatable bonds is 3. The molecule has 1 aromatic heterocycles. The maximum absolute atomic E-state index is 12.6. The molecule has 8 heteroatoms. The molecule has 0 spiro atoms. The molecule has 29 heavy (non-hydrogen) atoms. The fraction of sp³-hybridized carbons (Fsp3) is 0.429. The van der Waals surface area contributed by atoms with Crippen LogP contribution in [0, 0.1) is 0 Å². The first-order chi connectivity index (χ1) is 14.0. The Morgan fingerprint density at radius 1 is 1.10 bits per heavy atom. The quantitative estimate of drug-likeness (QED) is 0.803. The van der Waals surface area contributed by atoms with Gasteiger partial charge in [0, 0.05) is 64.1 Å². The van der Waals surface area contributed by atoms with Gasteiger partial charge in [0.25, 0.3) is 0 Å². The molecule has 154 valence electrons. The van der Waals surface area contributed by atoms with Crippen molar-refractivity contribution in [3.05, 3.63) is 53.2 Å². The van der Waals surface area contributed by atoms with Gasteiger partial charge in [-0.25, -0.2) is 9.78 Å². The molecule has 2 saturated heterocycles. The number of aliphatic hydroxyl groups is 1. The second kappa shape index (κ2) is 8.57. The molecule has 2 amide bonds. The Balaban J connectivity index is 1.32. The van der Waals surface area contributed by atoms with Crippen LogP contribution in [0.1, 0.15) is 18.4 Å². The van der Waals surface area contributed by atoms with E-state index in [4.69, 9.17) is 16.3 Å². The minimum Gasteiger partial charge on any atom is -0.385 e. The van der Waals surface area contributed by atoms with E-state index in [1.165, 1.54) is 0 Å². The summed E-state index contributed by atoms with van der Waals surface area (Å²) >= 11 is 6.22. The minimum atomic E-state index is -0.843. The van der Waals surface area contributed by atoms with Crippen molar-refractivity contribution in [2.75, 3.05) is 49.6 Å². The Morgan fingerprint density at radius 3 is 2.45 bits per heavy atom. The molecule has 0 radical (unpaired) electrons. The molecular weight excluding hydrogens is 392 g/mol. The van der Waals surface area contributed by atoms with E-state index in [-0.39, 0.29) is 6.03 Å². The lowest BCUT2D eigenvalue weighted by molar-refractivity contribution is -0.0679. The molecule has 3 heterocycles. The molecule has 0 atom stereocenters. The highest BCUT2D eigenvalue weighted by Gasteiger charge is 2.31. The Bertz CT molecular complexity index is 847. The van der Waals surface area contributed by atoms with Gasteiger partial charge in [-0.05, 0) is 29.8 Å². The maximum Gasteiger partial charge on any atom is 0.321 e. The summed E-state index contributed by atoms with van der Waals surface area (Å²) < 4.78 is 5.34. The van der Waals surface area contributed by atoms with Gasteiger partial charge in [-0.2, -0.15) is 0 Å². The summed E-state index contributed by atoms with van der Waals surface area (Å²) in [7, 11) is 0. The number of carbonyl (C=O) groups is 1. The lowest BCUT2D eigenvalue weighted by Crippen LogP contribution is -2.50. The number of nitrogens with one attached hydrogen (secondary N) is 1. The number of hydrogen-bond acceptors (Lipinski definition) is 5. The number of halogens is 1. The first kappa shape index (κ1) is 19.9. The topological polar surface area (TPSA) is 77.9 Å². The van der Waals surface area contributed by atoms with Crippen molar-refractivity contribution in [3.8, 4) is 0 Å². The molecule has 0 bridgehead atoms.